The lowest BCUT2D eigenvalue weighted by Crippen LogP contribution is -2.50. The minimum Gasteiger partial charge on any atom is -0.481 e. The lowest BCUT2D eigenvalue weighted by atomic mass is 9.73. The van der Waals surface area contributed by atoms with Gasteiger partial charge >= 0.3 is 0 Å². The first-order chi connectivity index (χ1) is 11.5. The maximum atomic E-state index is 12.7. The molecule has 0 saturated carbocycles. The molecule has 7 heteroatoms. The second-order valence-corrected chi connectivity index (χ2v) is 6.71. The topological polar surface area (TPSA) is 83.0 Å². The number of fused-ring (bicyclic) bond motifs is 1. The molecular formula is C17H23N3O4. The number of carbonyl (C=O) groups excluding carboxylic acids is 2. The van der Waals surface area contributed by atoms with E-state index in [4.69, 9.17) is 4.74 Å². The Balaban J connectivity index is 1.76. The zero-order valence-corrected chi connectivity index (χ0v) is 14.1. The molecule has 2 aliphatic heterocycles. The van der Waals surface area contributed by atoms with Crippen LogP contribution in [0.2, 0.25) is 0 Å². The molecular weight excluding hydrogens is 310 g/mol. The van der Waals surface area contributed by atoms with Gasteiger partial charge in [0, 0.05) is 56.7 Å². The van der Waals surface area contributed by atoms with E-state index >= 15 is 0 Å². The summed E-state index contributed by atoms with van der Waals surface area (Å²) < 4.78 is 5.01. The Kier molecular flexibility index (Phi) is 4.45. The summed E-state index contributed by atoms with van der Waals surface area (Å²) in [7, 11) is 1.53. The summed E-state index contributed by atoms with van der Waals surface area (Å²) in [4.78, 5) is 32.0. The van der Waals surface area contributed by atoms with Gasteiger partial charge in [-0.3, -0.25) is 9.59 Å². The van der Waals surface area contributed by atoms with Crippen molar-refractivity contribution in [1.82, 2.24) is 14.8 Å². The summed E-state index contributed by atoms with van der Waals surface area (Å²) in [6, 6.07) is 3.36. The molecule has 0 spiro atoms. The van der Waals surface area contributed by atoms with E-state index in [1.807, 2.05) is 4.90 Å². The summed E-state index contributed by atoms with van der Waals surface area (Å²) >= 11 is 0. The molecule has 1 N–H and O–H groups in total. The number of aliphatic hydroxyl groups excluding tert-OH is 1. The summed E-state index contributed by atoms with van der Waals surface area (Å²) in [5.74, 6) is 0.522. The van der Waals surface area contributed by atoms with Crippen LogP contribution in [-0.2, 0) is 4.79 Å². The van der Waals surface area contributed by atoms with Crippen LogP contribution in [0.4, 0.5) is 0 Å². The Morgan fingerprint density at radius 1 is 1.38 bits per heavy atom. The Hall–Kier alpha value is -2.15. The molecule has 2 amide bonds. The number of hydrogen-bond acceptors (Lipinski definition) is 5. The molecule has 1 aromatic rings. The Morgan fingerprint density at radius 2 is 2.12 bits per heavy atom. The number of hydrogen-bond donors (Lipinski definition) is 1. The lowest BCUT2D eigenvalue weighted by molar-refractivity contribution is -0.133. The van der Waals surface area contributed by atoms with Crippen molar-refractivity contribution < 1.29 is 19.4 Å². The number of methoxy groups -OCH3 is 1. The smallest absolute Gasteiger partial charge is 0.255 e. The van der Waals surface area contributed by atoms with Crippen LogP contribution in [-0.4, -0.2) is 71.6 Å². The number of aromatic nitrogens is 1. The van der Waals surface area contributed by atoms with E-state index in [0.717, 1.165) is 6.42 Å². The first-order valence-corrected chi connectivity index (χ1v) is 8.15. The number of nitrogens with zero attached hydrogens (tertiary/aromatic N) is 3. The number of aliphatic hydroxyl groups is 1. The van der Waals surface area contributed by atoms with Crippen molar-refractivity contribution in [2.45, 2.75) is 13.3 Å². The highest BCUT2D eigenvalue weighted by Gasteiger charge is 2.50. The van der Waals surface area contributed by atoms with E-state index in [1.165, 1.54) is 13.3 Å². The van der Waals surface area contributed by atoms with Gasteiger partial charge in [-0.25, -0.2) is 4.98 Å². The van der Waals surface area contributed by atoms with Crippen LogP contribution in [0.15, 0.2) is 18.3 Å². The van der Waals surface area contributed by atoms with Gasteiger partial charge in [-0.05, 0) is 12.5 Å². The number of rotatable bonds is 3. The number of piperidine rings is 1. The molecule has 24 heavy (non-hydrogen) atoms. The predicted molar refractivity (Wildman–Crippen MR) is 86.6 cm³/mol. The van der Waals surface area contributed by atoms with Crippen LogP contribution in [0.3, 0.4) is 0 Å². The molecule has 0 radical (unpaired) electrons. The van der Waals surface area contributed by atoms with Crippen molar-refractivity contribution in [1.29, 1.82) is 0 Å². The monoisotopic (exact) mass is 333 g/mol. The molecule has 2 fully saturated rings. The average molecular weight is 333 g/mol. The Labute approximate surface area is 141 Å². The normalized spacial score (nSPS) is 26.2. The molecule has 0 aliphatic carbocycles. The molecule has 7 nitrogen and oxygen atoms in total. The van der Waals surface area contributed by atoms with Crippen molar-refractivity contribution in [3.63, 3.8) is 0 Å². The number of likely N-dealkylation sites (tertiary alicyclic amines) is 2. The van der Waals surface area contributed by atoms with E-state index < -0.39 is 0 Å². The molecule has 1 aromatic heterocycles. The SMILES string of the molecule is COc1ccc(C(=O)N2C[C@H]3CN(C(C)=O)CC[C@@]3(CO)C2)cn1. The molecule has 2 atom stereocenters. The highest BCUT2D eigenvalue weighted by Crippen LogP contribution is 2.42. The molecule has 0 aromatic carbocycles. The van der Waals surface area contributed by atoms with Gasteiger partial charge in [0.1, 0.15) is 0 Å². The number of ether oxygens (including phenoxy) is 1. The number of amides is 2. The van der Waals surface area contributed by atoms with Gasteiger partial charge in [-0.2, -0.15) is 0 Å². The lowest BCUT2D eigenvalue weighted by Gasteiger charge is -2.41. The summed E-state index contributed by atoms with van der Waals surface area (Å²) in [5, 5.41) is 9.94. The Bertz CT molecular complexity index is 633. The zero-order chi connectivity index (χ0) is 17.3. The van der Waals surface area contributed by atoms with E-state index in [2.05, 4.69) is 4.98 Å². The fourth-order valence-corrected chi connectivity index (χ4v) is 3.79. The van der Waals surface area contributed by atoms with Crippen LogP contribution in [0.5, 0.6) is 5.88 Å². The fraction of sp³-hybridized carbons (Fsp3) is 0.588. The van der Waals surface area contributed by atoms with Gasteiger partial charge in [0.25, 0.3) is 5.91 Å². The third kappa shape index (κ3) is 2.84. The van der Waals surface area contributed by atoms with Crippen LogP contribution < -0.4 is 4.74 Å². The quantitative estimate of drug-likeness (QED) is 0.865. The summed E-state index contributed by atoms with van der Waals surface area (Å²) in [6.45, 7) is 3.90. The third-order valence-electron chi connectivity index (χ3n) is 5.37. The number of carbonyl (C=O) groups is 2. The minimum absolute atomic E-state index is 0.0358. The van der Waals surface area contributed by atoms with Crippen molar-refractivity contribution >= 4 is 11.8 Å². The Morgan fingerprint density at radius 3 is 2.71 bits per heavy atom. The van der Waals surface area contributed by atoms with Crippen molar-refractivity contribution in [3.8, 4) is 5.88 Å². The highest BCUT2D eigenvalue weighted by atomic mass is 16.5. The molecule has 0 unspecified atom stereocenters. The first-order valence-electron chi connectivity index (χ1n) is 8.15. The van der Waals surface area contributed by atoms with Gasteiger partial charge in [-0.1, -0.05) is 0 Å². The number of pyridine rings is 1. The summed E-state index contributed by atoms with van der Waals surface area (Å²) in [5.41, 5.74) is 0.201. The zero-order valence-electron chi connectivity index (χ0n) is 14.1. The predicted octanol–water partition coefficient (Wildman–Crippen LogP) is 0.393. The van der Waals surface area contributed by atoms with Gasteiger partial charge in [0.05, 0.1) is 19.3 Å². The van der Waals surface area contributed by atoms with Crippen LogP contribution in [0.1, 0.15) is 23.7 Å². The van der Waals surface area contributed by atoms with Gasteiger partial charge in [-0.15, -0.1) is 0 Å². The minimum atomic E-state index is -0.304. The second kappa shape index (κ2) is 6.39. The average Bonchev–Trinajstić information content (AvgIpc) is 3.00. The molecule has 3 heterocycles. The highest BCUT2D eigenvalue weighted by molar-refractivity contribution is 5.94. The largest absolute Gasteiger partial charge is 0.481 e. The molecule has 130 valence electrons. The van der Waals surface area contributed by atoms with Gasteiger partial charge < -0.3 is 19.6 Å². The van der Waals surface area contributed by atoms with E-state index in [0.29, 0.717) is 37.6 Å². The van der Waals surface area contributed by atoms with E-state index in [9.17, 15) is 14.7 Å². The third-order valence-corrected chi connectivity index (χ3v) is 5.37. The van der Waals surface area contributed by atoms with Crippen molar-refractivity contribution in [3.05, 3.63) is 23.9 Å². The van der Waals surface area contributed by atoms with Crippen LogP contribution in [0.25, 0.3) is 0 Å². The maximum Gasteiger partial charge on any atom is 0.255 e. The van der Waals surface area contributed by atoms with Crippen molar-refractivity contribution in [2.75, 3.05) is 39.9 Å². The maximum absolute atomic E-state index is 12.7. The van der Waals surface area contributed by atoms with E-state index in [-0.39, 0.29) is 29.8 Å². The standard InChI is InChI=1S/C17H23N3O4/c1-12(22)19-6-5-17(11-21)10-20(9-14(17)8-19)16(23)13-3-4-15(24-2)18-7-13/h3-4,7,14,21H,5-6,8-11H2,1-2H3/t14-,17+/m1/s1. The van der Waals surface area contributed by atoms with E-state index in [1.54, 1.807) is 24.0 Å². The molecule has 0 bridgehead atoms. The van der Waals surface area contributed by atoms with Crippen LogP contribution in [0, 0.1) is 11.3 Å². The van der Waals surface area contributed by atoms with Gasteiger partial charge in [0.2, 0.25) is 11.8 Å². The van der Waals surface area contributed by atoms with Crippen molar-refractivity contribution in [2.24, 2.45) is 11.3 Å². The molecule has 2 saturated heterocycles. The molecule has 3 rings (SSSR count). The first kappa shape index (κ1) is 16.7. The second-order valence-electron chi connectivity index (χ2n) is 6.71. The van der Waals surface area contributed by atoms with Crippen LogP contribution >= 0.6 is 0 Å². The molecule has 2 aliphatic rings. The summed E-state index contributed by atoms with van der Waals surface area (Å²) in [6.07, 6.45) is 2.23. The van der Waals surface area contributed by atoms with Gasteiger partial charge in [0.15, 0.2) is 0 Å². The fourth-order valence-electron chi connectivity index (χ4n) is 3.79.